The van der Waals surface area contributed by atoms with Gasteiger partial charge >= 0.3 is 5.97 Å². The molecule has 0 amide bonds. The Morgan fingerprint density at radius 1 is 1.16 bits per heavy atom. The van der Waals surface area contributed by atoms with Crippen LogP contribution in [0, 0.1) is 29.1 Å². The first-order chi connectivity index (χ1) is 11.7. The average molecular weight is 340 g/mol. The summed E-state index contributed by atoms with van der Waals surface area (Å²) in [6.07, 6.45) is 2.42. The van der Waals surface area contributed by atoms with Gasteiger partial charge in [-0.1, -0.05) is 44.2 Å². The van der Waals surface area contributed by atoms with Crippen LogP contribution in [0.2, 0.25) is 0 Å². The van der Waals surface area contributed by atoms with E-state index in [1.807, 2.05) is 25.1 Å². The van der Waals surface area contributed by atoms with Gasteiger partial charge in [-0.25, -0.2) is 4.79 Å². The second kappa shape index (κ2) is 5.44. The molecule has 1 aromatic carbocycles. The third kappa shape index (κ3) is 2.55. The lowest BCUT2D eigenvalue weighted by atomic mass is 9.77. The molecule has 0 aromatic heterocycles. The van der Waals surface area contributed by atoms with E-state index in [0.717, 1.165) is 24.8 Å². The molecule has 1 aromatic rings. The van der Waals surface area contributed by atoms with E-state index >= 15 is 0 Å². The van der Waals surface area contributed by atoms with Gasteiger partial charge in [0, 0.05) is 12.3 Å². The fourth-order valence-corrected chi connectivity index (χ4v) is 5.87. The first-order valence-corrected chi connectivity index (χ1v) is 9.39. The van der Waals surface area contributed by atoms with Crippen molar-refractivity contribution in [3.8, 4) is 0 Å². The second-order valence-electron chi connectivity index (χ2n) is 9.07. The molecule has 3 nitrogen and oxygen atoms in total. The van der Waals surface area contributed by atoms with Gasteiger partial charge in [0.15, 0.2) is 0 Å². The summed E-state index contributed by atoms with van der Waals surface area (Å²) in [4.78, 5) is 12.6. The molecule has 3 heteroatoms. The second-order valence-corrected chi connectivity index (χ2v) is 9.07. The van der Waals surface area contributed by atoms with Crippen LogP contribution >= 0.6 is 0 Å². The Hall–Kier alpha value is -1.61. The summed E-state index contributed by atoms with van der Waals surface area (Å²) < 4.78 is 5.97. The lowest BCUT2D eigenvalue weighted by Crippen LogP contribution is -2.34. The molecule has 3 aliphatic carbocycles. The molecular formula is C22H28O3. The lowest BCUT2D eigenvalue weighted by Gasteiger charge is -2.31. The monoisotopic (exact) mass is 340 g/mol. The summed E-state index contributed by atoms with van der Waals surface area (Å²) in [7, 11) is 0. The molecular weight excluding hydrogens is 312 g/mol. The van der Waals surface area contributed by atoms with Crippen molar-refractivity contribution >= 4 is 5.97 Å². The van der Waals surface area contributed by atoms with Crippen LogP contribution in [0.25, 0.3) is 0 Å². The van der Waals surface area contributed by atoms with Crippen molar-refractivity contribution in [3.05, 3.63) is 48.0 Å². The van der Waals surface area contributed by atoms with Crippen molar-refractivity contribution in [1.29, 1.82) is 0 Å². The number of aliphatic hydroxyl groups is 1. The summed E-state index contributed by atoms with van der Waals surface area (Å²) in [5.41, 5.74) is 1.21. The maximum Gasteiger partial charge on any atom is 0.338 e. The number of hydrogen-bond acceptors (Lipinski definition) is 3. The van der Waals surface area contributed by atoms with Gasteiger partial charge in [-0.3, -0.25) is 0 Å². The fourth-order valence-electron chi connectivity index (χ4n) is 5.87. The molecule has 0 unspecified atom stereocenters. The third-order valence-electron chi connectivity index (χ3n) is 7.15. The minimum Gasteiger partial charge on any atom is -0.458 e. The van der Waals surface area contributed by atoms with Crippen LogP contribution in [-0.2, 0) is 4.74 Å². The smallest absolute Gasteiger partial charge is 0.338 e. The minimum absolute atomic E-state index is 0.0968. The Morgan fingerprint density at radius 2 is 1.84 bits per heavy atom. The van der Waals surface area contributed by atoms with Crippen LogP contribution in [0.15, 0.2) is 42.5 Å². The Bertz CT molecular complexity index is 703. The Labute approximate surface area is 150 Å². The van der Waals surface area contributed by atoms with Gasteiger partial charge in [-0.2, -0.15) is 0 Å². The van der Waals surface area contributed by atoms with Crippen LogP contribution in [0.5, 0.6) is 0 Å². The fraction of sp³-hybridized carbons (Fsp3) is 0.591. The number of benzene rings is 1. The van der Waals surface area contributed by atoms with E-state index in [1.165, 1.54) is 0 Å². The molecule has 0 spiro atoms. The molecule has 3 saturated carbocycles. The van der Waals surface area contributed by atoms with Gasteiger partial charge in [0.25, 0.3) is 0 Å². The first kappa shape index (κ1) is 16.8. The first-order valence-electron chi connectivity index (χ1n) is 9.39. The van der Waals surface area contributed by atoms with Gasteiger partial charge in [-0.05, 0) is 55.1 Å². The highest BCUT2D eigenvalue weighted by molar-refractivity contribution is 5.89. The quantitative estimate of drug-likeness (QED) is 0.648. The van der Waals surface area contributed by atoms with Crippen molar-refractivity contribution in [3.63, 3.8) is 0 Å². The Balaban J connectivity index is 1.61. The van der Waals surface area contributed by atoms with Gasteiger partial charge in [0.1, 0.15) is 6.10 Å². The van der Waals surface area contributed by atoms with E-state index in [0.29, 0.717) is 23.3 Å². The number of carbonyl (C=O) groups excluding carboxylic acids is 1. The SMILES string of the molecule is C=C1C[C@@H](OC(=O)c2ccccc2)[C@@H]2[C@H]([C@H]3[C@H]1CC[C@]3(C)O)C2(C)C. The molecule has 3 aliphatic rings. The number of rotatable bonds is 2. The van der Waals surface area contributed by atoms with E-state index < -0.39 is 5.60 Å². The largest absolute Gasteiger partial charge is 0.458 e. The van der Waals surface area contributed by atoms with E-state index in [2.05, 4.69) is 20.4 Å². The third-order valence-corrected chi connectivity index (χ3v) is 7.15. The topological polar surface area (TPSA) is 46.5 Å². The highest BCUT2D eigenvalue weighted by Gasteiger charge is 2.70. The van der Waals surface area contributed by atoms with Crippen molar-refractivity contribution in [2.75, 3.05) is 0 Å². The Morgan fingerprint density at radius 3 is 2.52 bits per heavy atom. The highest BCUT2D eigenvalue weighted by atomic mass is 16.5. The van der Waals surface area contributed by atoms with Crippen molar-refractivity contribution < 1.29 is 14.6 Å². The molecule has 0 saturated heterocycles. The molecule has 25 heavy (non-hydrogen) atoms. The standard InChI is InChI=1S/C22H28O3/c1-13-12-16(25-20(23)14-8-6-5-7-9-14)18-19(21(18,2)3)17-15(13)10-11-22(17,4)24/h5-9,15-19,24H,1,10-12H2,2-4H3/t15-,16+,17+,18+,19-,22-/m0/s1. The maximum atomic E-state index is 12.6. The molecule has 134 valence electrons. The highest BCUT2D eigenvalue weighted by Crippen LogP contribution is 2.71. The van der Waals surface area contributed by atoms with Crippen molar-refractivity contribution in [1.82, 2.24) is 0 Å². The zero-order valence-electron chi connectivity index (χ0n) is 15.4. The zero-order valence-corrected chi connectivity index (χ0v) is 15.4. The molecule has 4 rings (SSSR count). The minimum atomic E-state index is -0.636. The summed E-state index contributed by atoms with van der Waals surface area (Å²) in [6, 6.07) is 9.20. The van der Waals surface area contributed by atoms with E-state index in [1.54, 1.807) is 12.1 Å². The molecule has 0 radical (unpaired) electrons. The summed E-state index contributed by atoms with van der Waals surface area (Å²) >= 11 is 0. The number of fused-ring (bicyclic) bond motifs is 3. The van der Waals surface area contributed by atoms with E-state index in [4.69, 9.17) is 4.74 Å². The normalized spacial score (nSPS) is 41.4. The predicted molar refractivity (Wildman–Crippen MR) is 97.0 cm³/mol. The van der Waals surface area contributed by atoms with E-state index in [9.17, 15) is 9.90 Å². The van der Waals surface area contributed by atoms with Gasteiger partial charge in [0.05, 0.1) is 11.2 Å². The summed E-state index contributed by atoms with van der Waals surface area (Å²) in [5.74, 6) is 1.03. The van der Waals surface area contributed by atoms with Crippen LogP contribution in [-0.4, -0.2) is 22.8 Å². The van der Waals surface area contributed by atoms with Gasteiger partial charge in [0.2, 0.25) is 0 Å². The zero-order chi connectivity index (χ0) is 18.0. The molecule has 0 bridgehead atoms. The van der Waals surface area contributed by atoms with Crippen LogP contribution in [0.4, 0.5) is 0 Å². The average Bonchev–Trinajstić information content (AvgIpc) is 3.01. The number of esters is 1. The van der Waals surface area contributed by atoms with E-state index in [-0.39, 0.29) is 23.4 Å². The number of carbonyl (C=O) groups is 1. The Kier molecular flexibility index (Phi) is 3.66. The molecule has 3 fully saturated rings. The van der Waals surface area contributed by atoms with Gasteiger partial charge in [-0.15, -0.1) is 0 Å². The number of ether oxygens (including phenoxy) is 1. The molecule has 0 heterocycles. The maximum absolute atomic E-state index is 12.6. The molecule has 0 aliphatic heterocycles. The lowest BCUT2D eigenvalue weighted by molar-refractivity contribution is -0.00296. The number of hydrogen-bond donors (Lipinski definition) is 1. The summed E-state index contributed by atoms with van der Waals surface area (Å²) in [6.45, 7) is 10.8. The predicted octanol–water partition coefficient (Wildman–Crippen LogP) is 4.22. The van der Waals surface area contributed by atoms with Crippen LogP contribution in [0.3, 0.4) is 0 Å². The van der Waals surface area contributed by atoms with Crippen molar-refractivity contribution in [2.45, 2.75) is 51.7 Å². The van der Waals surface area contributed by atoms with Crippen LogP contribution < -0.4 is 0 Å². The van der Waals surface area contributed by atoms with Gasteiger partial charge < -0.3 is 9.84 Å². The van der Waals surface area contributed by atoms with Crippen LogP contribution in [0.1, 0.15) is 50.4 Å². The summed E-state index contributed by atoms with van der Waals surface area (Å²) in [5, 5.41) is 11.0. The van der Waals surface area contributed by atoms with Crippen molar-refractivity contribution in [2.24, 2.45) is 29.1 Å². The molecule has 1 N–H and O–H groups in total. The molecule has 6 atom stereocenters.